The van der Waals surface area contributed by atoms with Gasteiger partial charge in [0.15, 0.2) is 5.13 Å². The molecule has 2 aromatic carbocycles. The lowest BCUT2D eigenvalue weighted by Crippen LogP contribution is -2.29. The number of carbonyl (C=O) groups is 3. The van der Waals surface area contributed by atoms with Gasteiger partial charge in [-0.1, -0.05) is 48.8 Å². The molecule has 1 N–H and O–H groups in total. The molecule has 1 fully saturated rings. The Labute approximate surface area is 235 Å². The number of esters is 1. The van der Waals surface area contributed by atoms with Gasteiger partial charge in [0.25, 0.3) is 5.78 Å². The molecule has 206 valence electrons. The Kier molecular flexibility index (Phi) is 8.80. The van der Waals surface area contributed by atoms with Crippen molar-refractivity contribution in [1.82, 2.24) is 4.98 Å². The summed E-state index contributed by atoms with van der Waals surface area (Å²) < 4.78 is 16.3. The second-order valence-corrected chi connectivity index (χ2v) is 9.57. The number of aliphatic hydroxyl groups excluding tert-OH is 1. The fourth-order valence-corrected chi connectivity index (χ4v) is 5.17. The van der Waals surface area contributed by atoms with Crippen LogP contribution in [0.1, 0.15) is 39.5 Å². The highest BCUT2D eigenvalue weighted by molar-refractivity contribution is 7.17. The molecule has 9 nitrogen and oxygen atoms in total. The number of aliphatic hydroxyl groups is 1. The monoisotopic (exact) mass is 560 g/mol. The summed E-state index contributed by atoms with van der Waals surface area (Å²) in [6, 6.07) is 12.3. The minimum Gasteiger partial charge on any atom is -0.507 e. The molecule has 0 saturated carbocycles. The molecular weight excluding hydrogens is 532 g/mol. The number of hydrogen-bond donors (Lipinski definition) is 1. The molecule has 0 radical (unpaired) electrons. The van der Waals surface area contributed by atoms with Crippen LogP contribution in [-0.4, -0.2) is 47.6 Å². The van der Waals surface area contributed by atoms with Gasteiger partial charge in [-0.3, -0.25) is 14.5 Å². The van der Waals surface area contributed by atoms with E-state index in [-0.39, 0.29) is 34.6 Å². The fraction of sp³-hybridized carbons (Fsp3) is 0.200. The Hall–Kier alpha value is -4.70. The molecule has 1 aliphatic heterocycles. The van der Waals surface area contributed by atoms with Crippen LogP contribution >= 0.6 is 11.3 Å². The number of Topliss-reactive ketones (excluding diaryl/α,β-unsaturated/α-hetero) is 1. The van der Waals surface area contributed by atoms with Crippen LogP contribution in [0.3, 0.4) is 0 Å². The number of rotatable bonds is 11. The van der Waals surface area contributed by atoms with E-state index in [4.69, 9.17) is 14.2 Å². The Bertz CT molecular complexity index is 1490. The van der Waals surface area contributed by atoms with Gasteiger partial charge in [0, 0.05) is 5.56 Å². The summed E-state index contributed by atoms with van der Waals surface area (Å²) in [7, 11) is 0. The van der Waals surface area contributed by atoms with Crippen molar-refractivity contribution in [3.05, 3.63) is 101 Å². The van der Waals surface area contributed by atoms with Crippen LogP contribution in [0.5, 0.6) is 11.5 Å². The zero-order valence-electron chi connectivity index (χ0n) is 22.1. The summed E-state index contributed by atoms with van der Waals surface area (Å²) >= 11 is 0.922. The molecule has 1 unspecified atom stereocenters. The third-order valence-corrected chi connectivity index (χ3v) is 7.07. The van der Waals surface area contributed by atoms with Crippen molar-refractivity contribution in [2.75, 3.05) is 24.7 Å². The number of ketones is 1. The number of carbonyl (C=O) groups excluding carboxylic acids is 3. The van der Waals surface area contributed by atoms with E-state index in [0.29, 0.717) is 34.9 Å². The largest absolute Gasteiger partial charge is 0.507 e. The maximum atomic E-state index is 13.5. The van der Waals surface area contributed by atoms with Crippen LogP contribution in [-0.2, 0) is 14.3 Å². The van der Waals surface area contributed by atoms with Gasteiger partial charge in [-0.05, 0) is 55.8 Å². The van der Waals surface area contributed by atoms with Crippen LogP contribution in [0.25, 0.3) is 5.76 Å². The smallest absolute Gasteiger partial charge is 0.350 e. The molecule has 1 amide bonds. The normalized spacial score (nSPS) is 16.1. The van der Waals surface area contributed by atoms with E-state index >= 15 is 0 Å². The lowest BCUT2D eigenvalue weighted by molar-refractivity contribution is -0.132. The first-order valence-corrected chi connectivity index (χ1v) is 13.3. The predicted octanol–water partition coefficient (Wildman–Crippen LogP) is 5.38. The van der Waals surface area contributed by atoms with Crippen molar-refractivity contribution >= 4 is 39.9 Å². The number of amides is 1. The van der Waals surface area contributed by atoms with Gasteiger partial charge >= 0.3 is 11.9 Å². The number of hydrogen-bond acceptors (Lipinski definition) is 9. The van der Waals surface area contributed by atoms with E-state index in [1.165, 1.54) is 11.0 Å². The van der Waals surface area contributed by atoms with Crippen LogP contribution in [0.4, 0.5) is 5.13 Å². The second-order valence-electron chi connectivity index (χ2n) is 8.60. The molecular formula is C30H28N2O7S. The van der Waals surface area contributed by atoms with Crippen LogP contribution in [0.15, 0.2) is 79.4 Å². The van der Waals surface area contributed by atoms with Crippen molar-refractivity contribution < 1.29 is 33.7 Å². The zero-order chi connectivity index (χ0) is 28.8. The first-order chi connectivity index (χ1) is 19.3. The van der Waals surface area contributed by atoms with E-state index in [1.807, 2.05) is 6.92 Å². The number of anilines is 1. The molecule has 0 spiro atoms. The summed E-state index contributed by atoms with van der Waals surface area (Å²) in [6.07, 6.45) is 3.03. The molecule has 1 aromatic heterocycles. The number of benzene rings is 2. The lowest BCUT2D eigenvalue weighted by atomic mass is 9.95. The Morgan fingerprint density at radius 1 is 1.07 bits per heavy atom. The van der Waals surface area contributed by atoms with Gasteiger partial charge in [-0.25, -0.2) is 9.78 Å². The van der Waals surface area contributed by atoms with E-state index in [2.05, 4.69) is 18.1 Å². The summed E-state index contributed by atoms with van der Waals surface area (Å²) in [4.78, 5) is 45.4. The summed E-state index contributed by atoms with van der Waals surface area (Å²) in [5.74, 6) is -1.69. The van der Waals surface area contributed by atoms with Gasteiger partial charge in [0.1, 0.15) is 35.3 Å². The molecule has 40 heavy (non-hydrogen) atoms. The fourth-order valence-electron chi connectivity index (χ4n) is 4.18. The van der Waals surface area contributed by atoms with E-state index in [0.717, 1.165) is 11.3 Å². The van der Waals surface area contributed by atoms with Crippen molar-refractivity contribution in [3.63, 3.8) is 0 Å². The molecule has 1 aliphatic rings. The molecule has 1 atom stereocenters. The average Bonchev–Trinajstić information content (AvgIpc) is 3.47. The summed E-state index contributed by atoms with van der Waals surface area (Å²) in [5.41, 5.74) is 1.04. The first kappa shape index (κ1) is 28.3. The number of nitrogens with zero attached hydrogens (tertiary/aromatic N) is 2. The first-order valence-electron chi connectivity index (χ1n) is 12.4. The lowest BCUT2D eigenvalue weighted by Gasteiger charge is -2.23. The summed E-state index contributed by atoms with van der Waals surface area (Å²) in [5, 5.41) is 11.5. The maximum absolute atomic E-state index is 13.5. The Morgan fingerprint density at radius 3 is 2.48 bits per heavy atom. The second kappa shape index (κ2) is 12.4. The van der Waals surface area contributed by atoms with Gasteiger partial charge in [-0.2, -0.15) is 0 Å². The number of aryl methyl sites for hydroxylation is 1. The third-order valence-electron chi connectivity index (χ3n) is 5.93. The highest BCUT2D eigenvalue weighted by Gasteiger charge is 2.48. The SMILES string of the molecule is C=CCOC(=O)c1sc(N2C(=O)C(=O)/C(=C(/O)c3ccc(OCC)cc3)C2c2cccc(OCC=C)c2)nc1C. The quantitative estimate of drug-likeness (QED) is 0.109. The standard InChI is InChI=1S/C30H28N2O7S/c1-5-15-38-22-10-8-9-20(17-22)24-23(25(33)19-11-13-21(14-12-19)37-7-3)26(34)28(35)32(24)30-31-18(4)27(40-30)29(36)39-16-6-2/h5-6,8-14,17,24,33H,1-2,7,15-16H2,3-4H3/b25-23+. The van der Waals surface area contributed by atoms with Crippen molar-refractivity contribution in [1.29, 1.82) is 0 Å². The number of thiazole rings is 1. The van der Waals surface area contributed by atoms with E-state index < -0.39 is 23.7 Å². The van der Waals surface area contributed by atoms with E-state index in [1.54, 1.807) is 61.5 Å². The minimum atomic E-state index is -1.05. The predicted molar refractivity (Wildman–Crippen MR) is 152 cm³/mol. The topological polar surface area (TPSA) is 115 Å². The van der Waals surface area contributed by atoms with Crippen LogP contribution in [0.2, 0.25) is 0 Å². The molecule has 3 aromatic rings. The Morgan fingerprint density at radius 2 is 1.80 bits per heavy atom. The molecule has 4 rings (SSSR count). The summed E-state index contributed by atoms with van der Waals surface area (Å²) in [6.45, 7) is 11.4. The molecule has 2 heterocycles. The van der Waals surface area contributed by atoms with Gasteiger partial charge in [0.05, 0.1) is 23.9 Å². The highest BCUT2D eigenvalue weighted by Crippen LogP contribution is 2.44. The maximum Gasteiger partial charge on any atom is 0.350 e. The zero-order valence-corrected chi connectivity index (χ0v) is 22.9. The van der Waals surface area contributed by atoms with Crippen molar-refractivity contribution in [2.24, 2.45) is 0 Å². The molecule has 0 bridgehead atoms. The van der Waals surface area contributed by atoms with Crippen LogP contribution < -0.4 is 14.4 Å². The van der Waals surface area contributed by atoms with E-state index in [9.17, 15) is 19.5 Å². The Balaban J connectivity index is 1.86. The molecule has 10 heteroatoms. The van der Waals surface area contributed by atoms with Crippen molar-refractivity contribution in [3.8, 4) is 11.5 Å². The molecule has 0 aliphatic carbocycles. The average molecular weight is 561 g/mol. The van der Waals surface area contributed by atoms with Crippen molar-refractivity contribution in [2.45, 2.75) is 19.9 Å². The van der Waals surface area contributed by atoms with Gasteiger partial charge < -0.3 is 19.3 Å². The van der Waals surface area contributed by atoms with Gasteiger partial charge in [0.2, 0.25) is 0 Å². The van der Waals surface area contributed by atoms with Gasteiger partial charge in [-0.15, -0.1) is 0 Å². The number of ether oxygens (including phenoxy) is 3. The highest BCUT2D eigenvalue weighted by atomic mass is 32.1. The van der Waals surface area contributed by atoms with Crippen LogP contribution in [0, 0.1) is 6.92 Å². The third kappa shape index (κ3) is 5.67. The molecule has 1 saturated heterocycles. The number of aromatic nitrogens is 1. The minimum absolute atomic E-state index is 0.00953.